The molecule has 2 aromatic rings. The molecule has 0 atom stereocenters. The first kappa shape index (κ1) is 20.8. The Morgan fingerprint density at radius 1 is 1.18 bits per heavy atom. The Labute approximate surface area is 164 Å². The van der Waals surface area contributed by atoms with Gasteiger partial charge < -0.3 is 19.3 Å². The maximum absolute atomic E-state index is 12.3. The van der Waals surface area contributed by atoms with E-state index in [2.05, 4.69) is 10.5 Å². The molecule has 0 aliphatic rings. The first-order valence-electron chi connectivity index (χ1n) is 7.62. The molecule has 148 valence electrons. The first-order valence-corrected chi connectivity index (χ1v) is 8.00. The lowest BCUT2D eigenvalue weighted by molar-refractivity contribution is -0.385. The van der Waals surface area contributed by atoms with Gasteiger partial charge in [-0.05, 0) is 18.2 Å². The fourth-order valence-electron chi connectivity index (χ4n) is 2.28. The molecule has 0 radical (unpaired) electrons. The smallest absolute Gasteiger partial charge is 0.312 e. The van der Waals surface area contributed by atoms with Crippen molar-refractivity contribution in [2.75, 3.05) is 21.3 Å². The summed E-state index contributed by atoms with van der Waals surface area (Å²) in [7, 11) is 4.25. The van der Waals surface area contributed by atoms with E-state index in [1.165, 1.54) is 39.5 Å². The third-order valence-corrected chi connectivity index (χ3v) is 3.80. The van der Waals surface area contributed by atoms with E-state index >= 15 is 0 Å². The van der Waals surface area contributed by atoms with Crippen LogP contribution in [0.1, 0.15) is 15.9 Å². The number of carbonyl (C=O) groups is 1. The summed E-state index contributed by atoms with van der Waals surface area (Å²) in [5.41, 5.74) is 1.78. The number of carbonyl (C=O) groups excluding carboxylic acids is 1. The lowest BCUT2D eigenvalue weighted by atomic mass is 10.1. The van der Waals surface area contributed by atoms with Crippen LogP contribution in [0.5, 0.6) is 23.0 Å². The molecule has 28 heavy (non-hydrogen) atoms. The Morgan fingerprint density at radius 2 is 1.79 bits per heavy atom. The van der Waals surface area contributed by atoms with E-state index in [-0.39, 0.29) is 27.6 Å². The molecule has 0 spiro atoms. The van der Waals surface area contributed by atoms with E-state index in [1.807, 2.05) is 0 Å². The normalized spacial score (nSPS) is 10.6. The molecule has 11 heteroatoms. The number of methoxy groups -OCH3 is 3. The van der Waals surface area contributed by atoms with Crippen LogP contribution in [0.2, 0.25) is 5.02 Å². The predicted molar refractivity (Wildman–Crippen MR) is 101 cm³/mol. The number of hydrazone groups is 1. The van der Waals surface area contributed by atoms with Crippen molar-refractivity contribution in [3.8, 4) is 23.0 Å². The van der Waals surface area contributed by atoms with Gasteiger partial charge in [-0.2, -0.15) is 5.10 Å². The predicted octanol–water partition coefficient (Wildman–Crippen LogP) is 2.74. The minimum absolute atomic E-state index is 0.0295. The van der Waals surface area contributed by atoms with Crippen molar-refractivity contribution in [2.24, 2.45) is 5.10 Å². The molecule has 0 unspecified atom stereocenters. The van der Waals surface area contributed by atoms with Crippen LogP contribution in [0.15, 0.2) is 29.4 Å². The van der Waals surface area contributed by atoms with E-state index < -0.39 is 22.3 Å². The Morgan fingerprint density at radius 3 is 2.29 bits per heavy atom. The molecule has 0 fully saturated rings. The highest BCUT2D eigenvalue weighted by molar-refractivity contribution is 6.31. The topological polar surface area (TPSA) is 133 Å². The van der Waals surface area contributed by atoms with Gasteiger partial charge >= 0.3 is 5.69 Å². The Hall–Kier alpha value is -3.53. The van der Waals surface area contributed by atoms with Crippen molar-refractivity contribution in [1.82, 2.24) is 5.43 Å². The summed E-state index contributed by atoms with van der Waals surface area (Å²) in [6.45, 7) is 0. The number of rotatable bonds is 7. The summed E-state index contributed by atoms with van der Waals surface area (Å²) in [5.74, 6) is -0.369. The lowest BCUT2D eigenvalue weighted by Gasteiger charge is -2.13. The van der Waals surface area contributed by atoms with Gasteiger partial charge in [-0.1, -0.05) is 11.6 Å². The summed E-state index contributed by atoms with van der Waals surface area (Å²) in [5, 5.41) is 24.5. The molecule has 0 saturated carbocycles. The van der Waals surface area contributed by atoms with Gasteiger partial charge in [-0.25, -0.2) is 5.43 Å². The third kappa shape index (κ3) is 4.41. The molecule has 1 amide bonds. The molecule has 0 bridgehead atoms. The molecule has 0 aliphatic heterocycles. The molecular formula is C17H16ClN3O7. The number of aromatic hydroxyl groups is 1. The van der Waals surface area contributed by atoms with Crippen molar-refractivity contribution in [3.63, 3.8) is 0 Å². The van der Waals surface area contributed by atoms with Crippen LogP contribution in [0.4, 0.5) is 5.69 Å². The number of nitrogens with zero attached hydrogens (tertiary/aromatic N) is 2. The number of phenols is 1. The number of phenolic OH excluding ortho intramolecular Hbond substituents is 1. The largest absolute Gasteiger partial charge is 0.502 e. The van der Waals surface area contributed by atoms with Crippen molar-refractivity contribution < 1.29 is 29.0 Å². The lowest BCUT2D eigenvalue weighted by Crippen LogP contribution is -2.18. The fraction of sp³-hybridized carbons (Fsp3) is 0.176. The van der Waals surface area contributed by atoms with Crippen LogP contribution in [-0.2, 0) is 0 Å². The summed E-state index contributed by atoms with van der Waals surface area (Å²) in [4.78, 5) is 22.4. The molecule has 2 aromatic carbocycles. The number of amides is 1. The summed E-state index contributed by atoms with van der Waals surface area (Å²) < 4.78 is 15.5. The number of nitro groups is 1. The maximum atomic E-state index is 12.3. The summed E-state index contributed by atoms with van der Waals surface area (Å²) in [6, 6.07) is 5.11. The standard InChI is InChI=1S/C17H16ClN3O7/c1-26-13-5-9(6-14(27-2)16(13)28-3)17(23)20-19-8-10-4-11(18)7-12(15(10)22)21(24)25/h4-8,22H,1-3H3,(H,20,23)/b19-8-. The van der Waals surface area contributed by atoms with Gasteiger partial charge in [0, 0.05) is 22.2 Å². The summed E-state index contributed by atoms with van der Waals surface area (Å²) in [6.07, 6.45) is 1.03. The van der Waals surface area contributed by atoms with Crippen molar-refractivity contribution >= 4 is 29.4 Å². The zero-order valence-corrected chi connectivity index (χ0v) is 15.8. The zero-order chi connectivity index (χ0) is 20.8. The van der Waals surface area contributed by atoms with E-state index in [1.54, 1.807) is 0 Å². The molecular weight excluding hydrogens is 394 g/mol. The quantitative estimate of drug-likeness (QED) is 0.408. The molecule has 0 heterocycles. The van der Waals surface area contributed by atoms with Crippen LogP contribution in [0.25, 0.3) is 0 Å². The molecule has 2 N–H and O–H groups in total. The minimum Gasteiger partial charge on any atom is -0.502 e. The summed E-state index contributed by atoms with van der Waals surface area (Å²) >= 11 is 5.79. The van der Waals surface area contributed by atoms with Gasteiger partial charge in [0.1, 0.15) is 0 Å². The number of hydrogen-bond donors (Lipinski definition) is 2. The second-order valence-corrected chi connectivity index (χ2v) is 5.67. The highest BCUT2D eigenvalue weighted by atomic mass is 35.5. The monoisotopic (exact) mass is 409 g/mol. The van der Waals surface area contributed by atoms with Gasteiger partial charge in [-0.3, -0.25) is 14.9 Å². The highest BCUT2D eigenvalue weighted by Gasteiger charge is 2.19. The average molecular weight is 410 g/mol. The van der Waals surface area contributed by atoms with E-state index in [0.717, 1.165) is 12.3 Å². The molecule has 10 nitrogen and oxygen atoms in total. The molecule has 2 rings (SSSR count). The van der Waals surface area contributed by atoms with E-state index in [9.17, 15) is 20.0 Å². The van der Waals surface area contributed by atoms with Crippen LogP contribution < -0.4 is 19.6 Å². The SMILES string of the molecule is COc1cc(C(=O)N/N=C\c2cc(Cl)cc([N+](=O)[O-])c2O)cc(OC)c1OC. The van der Waals surface area contributed by atoms with E-state index in [4.69, 9.17) is 25.8 Å². The Kier molecular flexibility index (Phi) is 6.61. The van der Waals surface area contributed by atoms with Crippen molar-refractivity contribution in [1.29, 1.82) is 0 Å². The van der Waals surface area contributed by atoms with Crippen LogP contribution >= 0.6 is 11.6 Å². The van der Waals surface area contributed by atoms with Crippen molar-refractivity contribution in [2.45, 2.75) is 0 Å². The maximum Gasteiger partial charge on any atom is 0.312 e. The van der Waals surface area contributed by atoms with Crippen LogP contribution in [0, 0.1) is 10.1 Å². The third-order valence-electron chi connectivity index (χ3n) is 3.58. The molecule has 0 aromatic heterocycles. The molecule has 0 saturated heterocycles. The second-order valence-electron chi connectivity index (χ2n) is 5.23. The zero-order valence-electron chi connectivity index (χ0n) is 15.1. The first-order chi connectivity index (χ1) is 13.3. The highest BCUT2D eigenvalue weighted by Crippen LogP contribution is 2.38. The number of ether oxygens (including phenoxy) is 3. The average Bonchev–Trinajstić information content (AvgIpc) is 2.68. The Bertz CT molecular complexity index is 922. The number of nitrogens with one attached hydrogen (secondary N) is 1. The van der Waals surface area contributed by atoms with Gasteiger partial charge in [0.2, 0.25) is 11.5 Å². The van der Waals surface area contributed by atoms with Crippen LogP contribution in [-0.4, -0.2) is 43.5 Å². The fourth-order valence-corrected chi connectivity index (χ4v) is 2.50. The van der Waals surface area contributed by atoms with Gasteiger partial charge in [0.15, 0.2) is 11.5 Å². The van der Waals surface area contributed by atoms with Gasteiger partial charge in [0.05, 0.1) is 32.5 Å². The second kappa shape index (κ2) is 8.91. The number of benzene rings is 2. The van der Waals surface area contributed by atoms with Gasteiger partial charge in [0.25, 0.3) is 5.91 Å². The van der Waals surface area contributed by atoms with Crippen LogP contribution in [0.3, 0.4) is 0 Å². The number of nitro benzene ring substituents is 1. The van der Waals surface area contributed by atoms with Gasteiger partial charge in [-0.15, -0.1) is 0 Å². The Balaban J connectivity index is 2.26. The number of hydrogen-bond acceptors (Lipinski definition) is 8. The van der Waals surface area contributed by atoms with Crippen molar-refractivity contribution in [3.05, 3.63) is 50.5 Å². The minimum atomic E-state index is -0.785. The molecule has 0 aliphatic carbocycles. The number of halogens is 1. The van der Waals surface area contributed by atoms with E-state index in [0.29, 0.717) is 5.75 Å².